The summed E-state index contributed by atoms with van der Waals surface area (Å²) in [6.07, 6.45) is 2.87. The summed E-state index contributed by atoms with van der Waals surface area (Å²) in [6.45, 7) is 5.31. The molecule has 0 spiro atoms. The largest absolute Gasteiger partial charge is 0.487 e. The maximum atomic E-state index is 12.8. The SMILES string of the molecule is C[C@@]1(C#N)COCc2ccc(C(=O)NCc3cc(OCc4cccc(N5CCC5)n4)ccn3)cc21. The van der Waals surface area contributed by atoms with Crippen molar-refractivity contribution in [3.05, 3.63) is 82.8 Å². The Kier molecular flexibility index (Phi) is 6.34. The van der Waals surface area contributed by atoms with Crippen LogP contribution < -0.4 is 15.0 Å². The number of hydrogen-bond donors (Lipinski definition) is 1. The van der Waals surface area contributed by atoms with Gasteiger partial charge < -0.3 is 19.7 Å². The average molecular weight is 470 g/mol. The minimum atomic E-state index is -0.763. The van der Waals surface area contributed by atoms with Gasteiger partial charge in [-0.1, -0.05) is 12.1 Å². The zero-order valence-electron chi connectivity index (χ0n) is 19.7. The molecule has 1 fully saturated rings. The maximum absolute atomic E-state index is 12.8. The van der Waals surface area contributed by atoms with Crippen molar-refractivity contribution in [1.82, 2.24) is 15.3 Å². The molecule has 1 N–H and O–H groups in total. The van der Waals surface area contributed by atoms with Gasteiger partial charge in [0.1, 0.15) is 23.6 Å². The molecule has 2 aliphatic rings. The van der Waals surface area contributed by atoms with Crippen molar-refractivity contribution in [1.29, 1.82) is 5.26 Å². The lowest BCUT2D eigenvalue weighted by molar-refractivity contribution is 0.0757. The summed E-state index contributed by atoms with van der Waals surface area (Å²) in [7, 11) is 0. The quantitative estimate of drug-likeness (QED) is 0.565. The Morgan fingerprint density at radius 1 is 1.23 bits per heavy atom. The predicted octanol–water partition coefficient (Wildman–Crippen LogP) is 3.51. The fraction of sp³-hybridized carbons (Fsp3) is 0.333. The third-order valence-corrected chi connectivity index (χ3v) is 6.44. The molecule has 0 unspecified atom stereocenters. The second kappa shape index (κ2) is 9.72. The van der Waals surface area contributed by atoms with Crippen LogP contribution in [0.15, 0.2) is 54.7 Å². The Morgan fingerprint density at radius 3 is 2.91 bits per heavy atom. The van der Waals surface area contributed by atoms with Crippen LogP contribution in [0.4, 0.5) is 5.82 Å². The molecular formula is C27H27N5O3. The molecule has 178 valence electrons. The smallest absolute Gasteiger partial charge is 0.251 e. The fourth-order valence-corrected chi connectivity index (χ4v) is 4.23. The van der Waals surface area contributed by atoms with E-state index in [0.29, 0.717) is 36.8 Å². The lowest BCUT2D eigenvalue weighted by Gasteiger charge is -2.32. The van der Waals surface area contributed by atoms with Crippen LogP contribution in [0.25, 0.3) is 0 Å². The number of carbonyl (C=O) groups is 1. The van der Waals surface area contributed by atoms with Gasteiger partial charge >= 0.3 is 0 Å². The van der Waals surface area contributed by atoms with Crippen LogP contribution in [0, 0.1) is 11.3 Å². The Balaban J connectivity index is 1.20. The van der Waals surface area contributed by atoms with Gasteiger partial charge in [0.15, 0.2) is 0 Å². The standard InChI is InChI=1S/C27H27N5O3/c1-27(17-28)18-34-15-20-7-6-19(12-24(20)27)26(33)30-14-22-13-23(8-9-29-22)35-16-21-4-2-5-25(31-21)32-10-3-11-32/h2,4-9,12-13H,3,10-11,14-16,18H2,1H3,(H,30,33)/t27-/m1/s1. The molecule has 2 aromatic heterocycles. The summed E-state index contributed by atoms with van der Waals surface area (Å²) in [5, 5.41) is 12.5. The molecule has 1 atom stereocenters. The molecule has 0 aliphatic carbocycles. The Morgan fingerprint density at radius 2 is 2.11 bits per heavy atom. The van der Waals surface area contributed by atoms with Crippen LogP contribution in [0.1, 0.15) is 46.2 Å². The van der Waals surface area contributed by atoms with Gasteiger partial charge in [0.2, 0.25) is 0 Å². The van der Waals surface area contributed by atoms with Gasteiger partial charge in [-0.3, -0.25) is 9.78 Å². The molecule has 1 aromatic carbocycles. The number of ether oxygens (including phenoxy) is 2. The van der Waals surface area contributed by atoms with E-state index >= 15 is 0 Å². The average Bonchev–Trinajstić information content (AvgIpc) is 2.85. The van der Waals surface area contributed by atoms with Gasteiger partial charge in [0, 0.05) is 30.9 Å². The van der Waals surface area contributed by atoms with Crippen molar-refractivity contribution in [2.75, 3.05) is 24.6 Å². The van der Waals surface area contributed by atoms with E-state index in [2.05, 4.69) is 26.3 Å². The predicted molar refractivity (Wildman–Crippen MR) is 130 cm³/mol. The molecule has 0 saturated carbocycles. The molecule has 8 heteroatoms. The summed E-state index contributed by atoms with van der Waals surface area (Å²) in [6, 6.07) is 17.3. The van der Waals surface area contributed by atoms with Crippen molar-refractivity contribution in [3.63, 3.8) is 0 Å². The van der Waals surface area contributed by atoms with Gasteiger partial charge in [-0.2, -0.15) is 5.26 Å². The molecule has 2 aliphatic heterocycles. The van der Waals surface area contributed by atoms with Crippen molar-refractivity contribution in [2.24, 2.45) is 0 Å². The highest BCUT2D eigenvalue weighted by Crippen LogP contribution is 2.32. The van der Waals surface area contributed by atoms with Gasteiger partial charge in [-0.15, -0.1) is 0 Å². The monoisotopic (exact) mass is 469 g/mol. The Labute approximate surface area is 204 Å². The molecule has 1 amide bonds. The first-order chi connectivity index (χ1) is 17.0. The van der Waals surface area contributed by atoms with E-state index in [1.807, 2.05) is 37.3 Å². The molecule has 4 heterocycles. The van der Waals surface area contributed by atoms with Crippen LogP contribution in [0.2, 0.25) is 0 Å². The Bertz CT molecular complexity index is 1280. The lowest BCUT2D eigenvalue weighted by atomic mass is 9.79. The van der Waals surface area contributed by atoms with E-state index in [1.54, 1.807) is 24.4 Å². The van der Waals surface area contributed by atoms with E-state index in [1.165, 1.54) is 6.42 Å². The Hall–Kier alpha value is -3.96. The van der Waals surface area contributed by atoms with E-state index in [9.17, 15) is 10.1 Å². The second-order valence-electron chi connectivity index (χ2n) is 9.09. The van der Waals surface area contributed by atoms with E-state index in [0.717, 1.165) is 35.7 Å². The van der Waals surface area contributed by atoms with Crippen molar-refractivity contribution >= 4 is 11.7 Å². The normalized spacial score (nSPS) is 18.7. The first-order valence-electron chi connectivity index (χ1n) is 11.7. The van der Waals surface area contributed by atoms with Crippen LogP contribution in [0.5, 0.6) is 5.75 Å². The number of nitriles is 1. The minimum Gasteiger partial charge on any atom is -0.487 e. The van der Waals surface area contributed by atoms with Crippen LogP contribution >= 0.6 is 0 Å². The van der Waals surface area contributed by atoms with Crippen LogP contribution in [-0.2, 0) is 29.9 Å². The number of pyridine rings is 2. The molecule has 3 aromatic rings. The van der Waals surface area contributed by atoms with Gasteiger partial charge in [-0.25, -0.2) is 4.98 Å². The summed E-state index contributed by atoms with van der Waals surface area (Å²) in [4.78, 5) is 24.1. The molecule has 0 radical (unpaired) electrons. The number of hydrogen-bond acceptors (Lipinski definition) is 7. The number of benzene rings is 1. The fourth-order valence-electron chi connectivity index (χ4n) is 4.23. The minimum absolute atomic E-state index is 0.222. The summed E-state index contributed by atoms with van der Waals surface area (Å²) >= 11 is 0. The number of anilines is 1. The number of nitrogens with zero attached hydrogens (tertiary/aromatic N) is 4. The van der Waals surface area contributed by atoms with E-state index in [-0.39, 0.29) is 12.5 Å². The zero-order valence-corrected chi connectivity index (χ0v) is 19.7. The highest BCUT2D eigenvalue weighted by molar-refractivity contribution is 5.94. The van der Waals surface area contributed by atoms with Crippen molar-refractivity contribution in [2.45, 2.75) is 38.5 Å². The lowest BCUT2D eigenvalue weighted by Crippen LogP contribution is -2.37. The molecule has 0 bridgehead atoms. The number of nitrogens with one attached hydrogen (secondary N) is 1. The molecule has 5 rings (SSSR count). The molecule has 35 heavy (non-hydrogen) atoms. The molecular weight excluding hydrogens is 442 g/mol. The number of amides is 1. The number of carbonyl (C=O) groups excluding carboxylic acids is 1. The van der Waals surface area contributed by atoms with E-state index in [4.69, 9.17) is 9.47 Å². The number of fused-ring (bicyclic) bond motifs is 1. The summed E-state index contributed by atoms with van der Waals surface area (Å²) in [5.41, 5.74) is 3.08. The van der Waals surface area contributed by atoms with Gasteiger partial charge in [0.05, 0.1) is 37.2 Å². The zero-order chi connectivity index (χ0) is 24.3. The van der Waals surface area contributed by atoms with Crippen molar-refractivity contribution in [3.8, 4) is 11.8 Å². The second-order valence-corrected chi connectivity index (χ2v) is 9.09. The highest BCUT2D eigenvalue weighted by Gasteiger charge is 2.33. The maximum Gasteiger partial charge on any atom is 0.251 e. The van der Waals surface area contributed by atoms with Crippen LogP contribution in [0.3, 0.4) is 0 Å². The van der Waals surface area contributed by atoms with Crippen LogP contribution in [-0.4, -0.2) is 35.6 Å². The summed E-state index contributed by atoms with van der Waals surface area (Å²) in [5.74, 6) is 1.43. The van der Waals surface area contributed by atoms with Crippen molar-refractivity contribution < 1.29 is 14.3 Å². The molecule has 1 saturated heterocycles. The third kappa shape index (κ3) is 4.96. The highest BCUT2D eigenvalue weighted by atomic mass is 16.5. The van der Waals surface area contributed by atoms with E-state index < -0.39 is 5.41 Å². The topological polar surface area (TPSA) is 100 Å². The number of aromatic nitrogens is 2. The van der Waals surface area contributed by atoms with Gasteiger partial charge in [-0.05, 0) is 54.8 Å². The number of rotatable bonds is 7. The van der Waals surface area contributed by atoms with Gasteiger partial charge in [0.25, 0.3) is 5.91 Å². The molecule has 8 nitrogen and oxygen atoms in total. The summed E-state index contributed by atoms with van der Waals surface area (Å²) < 4.78 is 11.5. The third-order valence-electron chi connectivity index (χ3n) is 6.44. The first kappa shape index (κ1) is 22.8. The first-order valence-corrected chi connectivity index (χ1v) is 11.7.